The van der Waals surface area contributed by atoms with Gasteiger partial charge in [0.15, 0.2) is 11.6 Å². The number of likely N-dealkylation sites (tertiary alicyclic amines) is 1. The largest absolute Gasteiger partial charge is 0.462 e. The second-order valence-electron chi connectivity index (χ2n) is 8.99. The monoisotopic (exact) mass is 407 g/mol. The summed E-state index contributed by atoms with van der Waals surface area (Å²) in [6.07, 6.45) is 3.93. The Balaban J connectivity index is 1.64. The van der Waals surface area contributed by atoms with Gasteiger partial charge in [0.2, 0.25) is 5.91 Å². The fourth-order valence-electron chi connectivity index (χ4n) is 4.74. The normalized spacial score (nSPS) is 27.5. The number of halogens is 2. The molecular formula is C23H31F2NO3. The SMILES string of the molecule is CC(C)[C@H]1CC[C@@H](C)C[C@@H]1OC(=O)C[C@H]1CCC(=O)N1Cc1cccc(F)c1F. The van der Waals surface area contributed by atoms with Crippen molar-refractivity contribution in [2.24, 2.45) is 17.8 Å². The Hall–Kier alpha value is -1.98. The van der Waals surface area contributed by atoms with Crippen LogP contribution in [0.5, 0.6) is 0 Å². The minimum absolute atomic E-state index is 0.0323. The fraction of sp³-hybridized carbons (Fsp3) is 0.652. The van der Waals surface area contributed by atoms with Crippen molar-refractivity contribution in [1.29, 1.82) is 0 Å². The molecule has 4 atom stereocenters. The molecule has 1 amide bonds. The summed E-state index contributed by atoms with van der Waals surface area (Å²) >= 11 is 0. The molecule has 1 aromatic carbocycles. The van der Waals surface area contributed by atoms with Crippen LogP contribution in [0.4, 0.5) is 8.78 Å². The number of benzene rings is 1. The number of ether oxygens (including phenoxy) is 1. The second kappa shape index (κ2) is 9.23. The molecule has 0 bridgehead atoms. The van der Waals surface area contributed by atoms with Crippen LogP contribution in [0.2, 0.25) is 0 Å². The molecule has 1 aliphatic carbocycles. The van der Waals surface area contributed by atoms with E-state index in [9.17, 15) is 18.4 Å². The molecule has 1 saturated carbocycles. The molecular weight excluding hydrogens is 376 g/mol. The van der Waals surface area contributed by atoms with Gasteiger partial charge >= 0.3 is 5.97 Å². The molecule has 3 rings (SSSR count). The molecule has 0 N–H and O–H groups in total. The first kappa shape index (κ1) is 21.7. The number of hydrogen-bond acceptors (Lipinski definition) is 3. The van der Waals surface area contributed by atoms with E-state index in [1.807, 2.05) is 0 Å². The fourth-order valence-corrected chi connectivity index (χ4v) is 4.74. The van der Waals surface area contributed by atoms with E-state index in [-0.39, 0.29) is 42.6 Å². The number of hydrogen-bond donors (Lipinski definition) is 0. The number of esters is 1. The zero-order valence-corrected chi connectivity index (χ0v) is 17.5. The van der Waals surface area contributed by atoms with Gasteiger partial charge < -0.3 is 9.64 Å². The van der Waals surface area contributed by atoms with Gasteiger partial charge in [0.25, 0.3) is 0 Å². The third-order valence-corrected chi connectivity index (χ3v) is 6.47. The summed E-state index contributed by atoms with van der Waals surface area (Å²) in [5.74, 6) is -0.986. The van der Waals surface area contributed by atoms with Crippen LogP contribution in [0.25, 0.3) is 0 Å². The van der Waals surface area contributed by atoms with Gasteiger partial charge in [0.1, 0.15) is 6.10 Å². The van der Waals surface area contributed by atoms with Crippen molar-refractivity contribution in [2.45, 2.75) is 78.0 Å². The second-order valence-corrected chi connectivity index (χ2v) is 8.99. The van der Waals surface area contributed by atoms with Gasteiger partial charge in [-0.25, -0.2) is 8.78 Å². The molecule has 160 valence electrons. The number of amides is 1. The van der Waals surface area contributed by atoms with Crippen LogP contribution in [0, 0.1) is 29.4 Å². The van der Waals surface area contributed by atoms with Crippen molar-refractivity contribution in [3.05, 3.63) is 35.4 Å². The van der Waals surface area contributed by atoms with E-state index in [1.54, 1.807) is 0 Å². The maximum absolute atomic E-state index is 14.0. The number of carbonyl (C=O) groups is 2. The first-order valence-corrected chi connectivity index (χ1v) is 10.7. The summed E-state index contributed by atoms with van der Waals surface area (Å²) in [5.41, 5.74) is 0.125. The Kier molecular flexibility index (Phi) is 6.91. The van der Waals surface area contributed by atoms with Crippen LogP contribution in [-0.2, 0) is 20.9 Å². The van der Waals surface area contributed by atoms with Crippen LogP contribution in [-0.4, -0.2) is 28.9 Å². The summed E-state index contributed by atoms with van der Waals surface area (Å²) in [6, 6.07) is 3.61. The van der Waals surface area contributed by atoms with Crippen LogP contribution < -0.4 is 0 Å². The van der Waals surface area contributed by atoms with Crippen molar-refractivity contribution in [1.82, 2.24) is 4.90 Å². The standard InChI is InChI=1S/C23H31F2NO3/c1-14(2)18-9-7-15(3)11-20(18)29-22(28)12-17-8-10-21(27)26(17)13-16-5-4-6-19(24)23(16)25/h4-6,14-15,17-18,20H,7-13H2,1-3H3/t15-,17-,18-,20+/m1/s1. The molecule has 0 radical (unpaired) electrons. The van der Waals surface area contributed by atoms with Gasteiger partial charge in [-0.05, 0) is 43.1 Å². The Morgan fingerprint density at radius 1 is 1.24 bits per heavy atom. The Morgan fingerprint density at radius 2 is 2.00 bits per heavy atom. The molecule has 0 unspecified atom stereocenters. The van der Waals surface area contributed by atoms with Crippen molar-refractivity contribution in [3.8, 4) is 0 Å². The minimum Gasteiger partial charge on any atom is -0.462 e. The van der Waals surface area contributed by atoms with Crippen LogP contribution in [0.15, 0.2) is 18.2 Å². The van der Waals surface area contributed by atoms with Crippen molar-refractivity contribution in [2.75, 3.05) is 0 Å². The quantitative estimate of drug-likeness (QED) is 0.634. The maximum atomic E-state index is 14.0. The number of carbonyl (C=O) groups excluding carboxylic acids is 2. The van der Waals surface area contributed by atoms with E-state index < -0.39 is 11.6 Å². The topological polar surface area (TPSA) is 46.6 Å². The summed E-state index contributed by atoms with van der Waals surface area (Å²) in [5, 5.41) is 0. The van der Waals surface area contributed by atoms with E-state index in [2.05, 4.69) is 20.8 Å². The molecule has 1 aromatic rings. The molecule has 6 heteroatoms. The number of nitrogens with zero attached hydrogens (tertiary/aromatic N) is 1. The molecule has 4 nitrogen and oxygen atoms in total. The van der Waals surface area contributed by atoms with E-state index in [4.69, 9.17) is 4.74 Å². The average Bonchev–Trinajstić information content (AvgIpc) is 2.98. The summed E-state index contributed by atoms with van der Waals surface area (Å²) in [6.45, 7) is 6.47. The van der Waals surface area contributed by atoms with Crippen molar-refractivity contribution in [3.63, 3.8) is 0 Å². The van der Waals surface area contributed by atoms with Crippen LogP contribution >= 0.6 is 0 Å². The molecule has 2 aliphatic rings. The molecule has 1 aliphatic heterocycles. The predicted molar refractivity (Wildman–Crippen MR) is 106 cm³/mol. The third-order valence-electron chi connectivity index (χ3n) is 6.47. The lowest BCUT2D eigenvalue weighted by molar-refractivity contribution is -0.157. The Bertz CT molecular complexity index is 752. The lowest BCUT2D eigenvalue weighted by Crippen LogP contribution is -2.38. The maximum Gasteiger partial charge on any atom is 0.308 e. The van der Waals surface area contributed by atoms with Crippen LogP contribution in [0.1, 0.15) is 64.9 Å². The average molecular weight is 408 g/mol. The Morgan fingerprint density at radius 3 is 2.72 bits per heavy atom. The summed E-state index contributed by atoms with van der Waals surface area (Å²) < 4.78 is 33.4. The highest BCUT2D eigenvalue weighted by Crippen LogP contribution is 2.36. The first-order valence-electron chi connectivity index (χ1n) is 10.7. The lowest BCUT2D eigenvalue weighted by atomic mass is 9.75. The molecule has 29 heavy (non-hydrogen) atoms. The van der Waals surface area contributed by atoms with Crippen LogP contribution in [0.3, 0.4) is 0 Å². The van der Waals surface area contributed by atoms with Gasteiger partial charge in [-0.3, -0.25) is 9.59 Å². The predicted octanol–water partition coefficient (Wildman–Crippen LogP) is 4.85. The van der Waals surface area contributed by atoms with E-state index in [1.165, 1.54) is 17.0 Å². The minimum atomic E-state index is -0.940. The zero-order valence-electron chi connectivity index (χ0n) is 17.5. The first-order chi connectivity index (χ1) is 13.8. The number of rotatable bonds is 6. The van der Waals surface area contributed by atoms with Gasteiger partial charge in [0, 0.05) is 24.6 Å². The highest BCUT2D eigenvalue weighted by molar-refractivity contribution is 5.80. The smallest absolute Gasteiger partial charge is 0.308 e. The van der Waals surface area contributed by atoms with Gasteiger partial charge in [-0.1, -0.05) is 39.3 Å². The highest BCUT2D eigenvalue weighted by Gasteiger charge is 2.36. The Labute approximate surface area is 171 Å². The summed E-state index contributed by atoms with van der Waals surface area (Å²) in [7, 11) is 0. The highest BCUT2D eigenvalue weighted by atomic mass is 19.2. The third kappa shape index (κ3) is 5.14. The molecule has 0 aromatic heterocycles. The van der Waals surface area contributed by atoms with Gasteiger partial charge in [-0.15, -0.1) is 0 Å². The van der Waals surface area contributed by atoms with Crippen molar-refractivity contribution >= 4 is 11.9 Å². The molecule has 0 spiro atoms. The summed E-state index contributed by atoms with van der Waals surface area (Å²) in [4.78, 5) is 26.5. The van der Waals surface area contributed by atoms with Gasteiger partial charge in [-0.2, -0.15) is 0 Å². The lowest BCUT2D eigenvalue weighted by Gasteiger charge is -2.37. The van der Waals surface area contributed by atoms with E-state index in [0.717, 1.165) is 25.3 Å². The van der Waals surface area contributed by atoms with E-state index in [0.29, 0.717) is 30.6 Å². The molecule has 1 heterocycles. The molecule has 2 fully saturated rings. The molecule has 1 saturated heterocycles. The van der Waals surface area contributed by atoms with Crippen molar-refractivity contribution < 1.29 is 23.1 Å². The van der Waals surface area contributed by atoms with E-state index >= 15 is 0 Å². The van der Waals surface area contributed by atoms with Gasteiger partial charge in [0.05, 0.1) is 6.42 Å². The zero-order chi connectivity index (χ0) is 21.1.